The number of hydrogen-bond acceptors (Lipinski definition) is 2. The fourth-order valence-corrected chi connectivity index (χ4v) is 1.43. The van der Waals surface area contributed by atoms with Gasteiger partial charge < -0.3 is 16.0 Å². The van der Waals surface area contributed by atoms with Gasteiger partial charge in [0.1, 0.15) is 5.82 Å². The number of benzene rings is 1. The van der Waals surface area contributed by atoms with Crippen LogP contribution < -0.4 is 11.1 Å². The second-order valence-electron chi connectivity index (χ2n) is 3.01. The molecule has 2 aromatic rings. The first-order chi connectivity index (χ1) is 7.25. The van der Waals surface area contributed by atoms with Gasteiger partial charge in [-0.25, -0.2) is 4.98 Å². The first-order valence-corrected chi connectivity index (χ1v) is 4.83. The Morgan fingerprint density at radius 1 is 1.47 bits per heavy atom. The molecule has 2 rings (SSSR count). The third-order valence-electron chi connectivity index (χ3n) is 1.90. The predicted molar refractivity (Wildman–Crippen MR) is 64.4 cm³/mol. The van der Waals surface area contributed by atoms with Gasteiger partial charge >= 0.3 is 0 Å². The molecule has 0 aliphatic rings. The number of nitrogens with two attached hydrogens (primary N) is 1. The number of nitrogens with zero attached hydrogens (tertiary/aromatic N) is 1. The van der Waals surface area contributed by atoms with Gasteiger partial charge in [0.05, 0.1) is 0 Å². The molecule has 0 fully saturated rings. The number of imidazole rings is 1. The number of aromatic amines is 1. The molecule has 0 saturated carbocycles. The average Bonchev–Trinajstić information content (AvgIpc) is 2.69. The first-order valence-electron chi connectivity index (χ1n) is 4.42. The van der Waals surface area contributed by atoms with E-state index in [1.807, 2.05) is 24.3 Å². The summed E-state index contributed by atoms with van der Waals surface area (Å²) in [7, 11) is 0. The third-order valence-corrected chi connectivity index (χ3v) is 2.00. The molecule has 1 aromatic carbocycles. The van der Waals surface area contributed by atoms with Crippen molar-refractivity contribution in [2.75, 3.05) is 5.32 Å². The molecule has 0 atom stereocenters. The monoisotopic (exact) mass is 218 g/mol. The van der Waals surface area contributed by atoms with Crippen molar-refractivity contribution < 1.29 is 0 Å². The summed E-state index contributed by atoms with van der Waals surface area (Å²) in [4.78, 5) is 7.19. The number of hydrogen-bond donors (Lipinski definition) is 3. The van der Waals surface area contributed by atoms with Gasteiger partial charge in [0, 0.05) is 23.6 Å². The van der Waals surface area contributed by atoms with Crippen LogP contribution in [0.5, 0.6) is 0 Å². The molecule has 0 radical (unpaired) electrons. The normalized spacial score (nSPS) is 9.87. The van der Waals surface area contributed by atoms with Crippen molar-refractivity contribution in [3.05, 3.63) is 36.7 Å². The van der Waals surface area contributed by atoms with Crippen molar-refractivity contribution >= 4 is 23.0 Å². The summed E-state index contributed by atoms with van der Waals surface area (Å²) in [5.74, 6) is 0.821. The largest absolute Gasteiger partial charge is 0.376 e. The minimum absolute atomic E-state index is 0.256. The van der Waals surface area contributed by atoms with E-state index in [9.17, 15) is 0 Å². The van der Waals surface area contributed by atoms with Crippen LogP contribution in [0.1, 0.15) is 0 Å². The summed E-state index contributed by atoms with van der Waals surface area (Å²) in [5.41, 5.74) is 7.24. The molecule has 0 saturated heterocycles. The summed E-state index contributed by atoms with van der Waals surface area (Å²) in [5, 5.41) is 3.13. The number of H-pyrrole nitrogens is 1. The smallest absolute Gasteiger partial charge is 0.168 e. The number of aromatic nitrogens is 2. The quantitative estimate of drug-likeness (QED) is 0.672. The zero-order valence-corrected chi connectivity index (χ0v) is 8.71. The molecule has 76 valence electrons. The van der Waals surface area contributed by atoms with E-state index in [1.165, 1.54) is 0 Å². The summed E-state index contributed by atoms with van der Waals surface area (Å²) in [6.45, 7) is 0. The van der Waals surface area contributed by atoms with Gasteiger partial charge in [-0.05, 0) is 24.4 Å². The van der Waals surface area contributed by atoms with Crippen LogP contribution in [0.25, 0.3) is 11.4 Å². The lowest BCUT2D eigenvalue weighted by Gasteiger charge is -2.04. The highest BCUT2D eigenvalue weighted by Crippen LogP contribution is 2.18. The molecule has 0 aliphatic heterocycles. The Labute approximate surface area is 92.5 Å². The van der Waals surface area contributed by atoms with Crippen LogP contribution in [0.4, 0.5) is 5.69 Å². The minimum atomic E-state index is 0.256. The number of thiocarbonyl (C=S) groups is 1. The van der Waals surface area contributed by atoms with Crippen molar-refractivity contribution in [1.82, 2.24) is 9.97 Å². The van der Waals surface area contributed by atoms with Gasteiger partial charge in [-0.2, -0.15) is 0 Å². The van der Waals surface area contributed by atoms with E-state index in [-0.39, 0.29) is 5.11 Å². The highest BCUT2D eigenvalue weighted by atomic mass is 32.1. The highest BCUT2D eigenvalue weighted by molar-refractivity contribution is 7.80. The molecule has 0 spiro atoms. The maximum Gasteiger partial charge on any atom is 0.168 e. The van der Waals surface area contributed by atoms with Crippen molar-refractivity contribution in [2.24, 2.45) is 5.73 Å². The predicted octanol–water partition coefficient (Wildman–Crippen LogP) is 1.73. The summed E-state index contributed by atoms with van der Waals surface area (Å²) in [6.07, 6.45) is 3.49. The SMILES string of the molecule is NC(=S)Nc1cccc(-c2ncc[nH]2)c1. The van der Waals surface area contributed by atoms with E-state index >= 15 is 0 Å². The van der Waals surface area contributed by atoms with Crippen LogP contribution in [0, 0.1) is 0 Å². The molecule has 15 heavy (non-hydrogen) atoms. The highest BCUT2D eigenvalue weighted by Gasteiger charge is 2.00. The Hall–Kier alpha value is -1.88. The van der Waals surface area contributed by atoms with Gasteiger partial charge in [0.15, 0.2) is 5.11 Å². The van der Waals surface area contributed by atoms with E-state index in [4.69, 9.17) is 18.0 Å². The lowest BCUT2D eigenvalue weighted by molar-refractivity contribution is 1.31. The van der Waals surface area contributed by atoms with E-state index < -0.39 is 0 Å². The van der Waals surface area contributed by atoms with Gasteiger partial charge in [-0.1, -0.05) is 12.1 Å². The fourth-order valence-electron chi connectivity index (χ4n) is 1.31. The van der Waals surface area contributed by atoms with Gasteiger partial charge in [-0.15, -0.1) is 0 Å². The van der Waals surface area contributed by atoms with E-state index in [0.29, 0.717) is 0 Å². The molecule has 4 nitrogen and oxygen atoms in total. The molecule has 0 bridgehead atoms. The minimum Gasteiger partial charge on any atom is -0.376 e. The number of anilines is 1. The number of rotatable bonds is 2. The Morgan fingerprint density at radius 3 is 3.00 bits per heavy atom. The topological polar surface area (TPSA) is 66.7 Å². The van der Waals surface area contributed by atoms with Crippen LogP contribution in [0.3, 0.4) is 0 Å². The third kappa shape index (κ3) is 2.32. The van der Waals surface area contributed by atoms with Crippen molar-refractivity contribution in [3.8, 4) is 11.4 Å². The zero-order chi connectivity index (χ0) is 10.7. The van der Waals surface area contributed by atoms with Crippen molar-refractivity contribution in [3.63, 3.8) is 0 Å². The maximum atomic E-state index is 5.39. The van der Waals surface area contributed by atoms with E-state index in [2.05, 4.69) is 15.3 Å². The Morgan fingerprint density at radius 2 is 2.33 bits per heavy atom. The van der Waals surface area contributed by atoms with Crippen LogP contribution >= 0.6 is 12.2 Å². The van der Waals surface area contributed by atoms with Crippen molar-refractivity contribution in [2.45, 2.75) is 0 Å². The number of nitrogens with one attached hydrogen (secondary N) is 2. The average molecular weight is 218 g/mol. The zero-order valence-electron chi connectivity index (χ0n) is 7.90. The Kier molecular flexibility index (Phi) is 2.64. The second kappa shape index (κ2) is 4.10. The van der Waals surface area contributed by atoms with E-state index in [1.54, 1.807) is 12.4 Å². The van der Waals surface area contributed by atoms with Gasteiger partial charge in [0.25, 0.3) is 0 Å². The van der Waals surface area contributed by atoms with Crippen LogP contribution in [-0.2, 0) is 0 Å². The molecule has 5 heteroatoms. The molecule has 0 amide bonds. The van der Waals surface area contributed by atoms with Crippen LogP contribution in [-0.4, -0.2) is 15.1 Å². The van der Waals surface area contributed by atoms with Gasteiger partial charge in [-0.3, -0.25) is 0 Å². The summed E-state index contributed by atoms with van der Waals surface area (Å²) < 4.78 is 0. The molecule has 0 aliphatic carbocycles. The van der Waals surface area contributed by atoms with Crippen molar-refractivity contribution in [1.29, 1.82) is 0 Å². The lowest BCUT2D eigenvalue weighted by atomic mass is 10.2. The molecule has 1 heterocycles. The molecule has 1 aromatic heterocycles. The summed E-state index contributed by atoms with van der Waals surface area (Å²) >= 11 is 4.76. The van der Waals surface area contributed by atoms with Crippen LogP contribution in [0.15, 0.2) is 36.7 Å². The van der Waals surface area contributed by atoms with E-state index in [0.717, 1.165) is 17.1 Å². The second-order valence-corrected chi connectivity index (χ2v) is 3.45. The molecular weight excluding hydrogens is 208 g/mol. The molecular formula is C10H10N4S. The Bertz CT molecular complexity index is 464. The molecule has 4 N–H and O–H groups in total. The Balaban J connectivity index is 2.31. The maximum absolute atomic E-state index is 5.39. The van der Waals surface area contributed by atoms with Gasteiger partial charge in [0.2, 0.25) is 0 Å². The first kappa shape index (κ1) is 9.67. The molecule has 0 unspecified atom stereocenters. The van der Waals surface area contributed by atoms with Crippen LogP contribution in [0.2, 0.25) is 0 Å². The lowest BCUT2D eigenvalue weighted by Crippen LogP contribution is -2.18. The standard InChI is InChI=1S/C10H10N4S/c11-10(15)14-8-3-1-2-7(6-8)9-12-4-5-13-9/h1-6H,(H,12,13)(H3,11,14,15). The summed E-state index contributed by atoms with van der Waals surface area (Å²) in [6, 6.07) is 7.70. The fraction of sp³-hybridized carbons (Fsp3) is 0.